The summed E-state index contributed by atoms with van der Waals surface area (Å²) in [6.45, 7) is 18.8. The van der Waals surface area contributed by atoms with Crippen molar-refractivity contribution < 1.29 is 14.6 Å². The number of ether oxygens (including phenoxy) is 1. The van der Waals surface area contributed by atoms with Crippen LogP contribution in [-0.2, 0) is 11.2 Å². The molecule has 194 valence electrons. The summed E-state index contributed by atoms with van der Waals surface area (Å²) < 4.78 is 5.46. The van der Waals surface area contributed by atoms with E-state index in [9.17, 15) is 9.90 Å². The van der Waals surface area contributed by atoms with Crippen LogP contribution >= 0.6 is 0 Å². The van der Waals surface area contributed by atoms with Crippen molar-refractivity contribution in [2.75, 3.05) is 0 Å². The second-order valence-corrected chi connectivity index (χ2v) is 11.2. The molecule has 0 aromatic heterocycles. The molecule has 1 N–H and O–H groups in total. The smallest absolute Gasteiger partial charge is 0.308 e. The van der Waals surface area contributed by atoms with Gasteiger partial charge in [-0.15, -0.1) is 0 Å². The number of carbonyl (C=O) groups excluding carboxylic acids is 1. The zero-order chi connectivity index (χ0) is 25.8. The van der Waals surface area contributed by atoms with Gasteiger partial charge in [0.05, 0.1) is 0 Å². The van der Waals surface area contributed by atoms with E-state index in [1.54, 1.807) is 0 Å². The molecular formula is C31H52O3. The van der Waals surface area contributed by atoms with Gasteiger partial charge in [0.2, 0.25) is 0 Å². The molecule has 1 rings (SSSR count). The molecule has 2 atom stereocenters. The molecule has 0 heterocycles. The van der Waals surface area contributed by atoms with Gasteiger partial charge in [0.1, 0.15) is 11.5 Å². The van der Waals surface area contributed by atoms with Crippen molar-refractivity contribution in [3.8, 4) is 11.5 Å². The van der Waals surface area contributed by atoms with Crippen molar-refractivity contribution in [2.45, 2.75) is 127 Å². The van der Waals surface area contributed by atoms with E-state index in [4.69, 9.17) is 4.74 Å². The molecule has 0 amide bonds. The quantitative estimate of drug-likeness (QED) is 0.157. The Morgan fingerprint density at radius 2 is 1.41 bits per heavy atom. The van der Waals surface area contributed by atoms with Crippen molar-refractivity contribution in [3.63, 3.8) is 0 Å². The van der Waals surface area contributed by atoms with E-state index >= 15 is 0 Å². The molecular weight excluding hydrogens is 420 g/mol. The minimum Gasteiger partial charge on any atom is -0.507 e. The monoisotopic (exact) mass is 472 g/mol. The van der Waals surface area contributed by atoms with E-state index in [0.717, 1.165) is 59.3 Å². The SMILES string of the molecule is CC(=O)Oc1c(C)c(C)c(O)c(CCC(C)=CCCC(C)CCCC(C)CCCC(C)C)c1C. The van der Waals surface area contributed by atoms with Gasteiger partial charge in [0.15, 0.2) is 0 Å². The second kappa shape index (κ2) is 15.3. The van der Waals surface area contributed by atoms with Crippen LogP contribution in [0.25, 0.3) is 0 Å². The van der Waals surface area contributed by atoms with E-state index < -0.39 is 0 Å². The highest BCUT2D eigenvalue weighted by Crippen LogP contribution is 2.38. The topological polar surface area (TPSA) is 46.5 Å². The zero-order valence-electron chi connectivity index (χ0n) is 23.6. The molecule has 1 aromatic rings. The number of aromatic hydroxyl groups is 1. The number of phenols is 1. The second-order valence-electron chi connectivity index (χ2n) is 11.2. The molecule has 0 spiro atoms. The molecule has 0 saturated carbocycles. The first-order valence-corrected chi connectivity index (χ1v) is 13.6. The van der Waals surface area contributed by atoms with Crippen molar-refractivity contribution >= 4 is 5.97 Å². The molecule has 0 radical (unpaired) electrons. The zero-order valence-corrected chi connectivity index (χ0v) is 23.6. The Balaban J connectivity index is 2.48. The average molecular weight is 473 g/mol. The lowest BCUT2D eigenvalue weighted by molar-refractivity contribution is -0.131. The lowest BCUT2D eigenvalue weighted by Gasteiger charge is -2.18. The fraction of sp³-hybridized carbons (Fsp3) is 0.710. The average Bonchev–Trinajstić information content (AvgIpc) is 2.75. The van der Waals surface area contributed by atoms with Gasteiger partial charge in [-0.3, -0.25) is 4.79 Å². The standard InChI is InChI=1S/C31H52O3/c1-21(2)13-10-14-22(3)15-11-16-23(4)17-12-18-24(5)19-20-29-27(8)31(34-28(9)32)26(7)25(6)30(29)33/h18,21-23,33H,10-17,19-20H2,1-9H3. The van der Waals surface area contributed by atoms with Crippen LogP contribution in [0.3, 0.4) is 0 Å². The van der Waals surface area contributed by atoms with Crippen molar-refractivity contribution in [2.24, 2.45) is 17.8 Å². The molecule has 1 aromatic carbocycles. The minimum absolute atomic E-state index is 0.326. The Hall–Kier alpha value is -1.77. The number of hydrogen-bond acceptors (Lipinski definition) is 3. The molecule has 0 aliphatic heterocycles. The number of benzene rings is 1. The summed E-state index contributed by atoms with van der Waals surface area (Å²) >= 11 is 0. The summed E-state index contributed by atoms with van der Waals surface area (Å²) in [4.78, 5) is 11.5. The van der Waals surface area contributed by atoms with E-state index in [1.807, 2.05) is 20.8 Å². The fourth-order valence-electron chi connectivity index (χ4n) is 4.79. The maximum Gasteiger partial charge on any atom is 0.308 e. The number of esters is 1. The predicted molar refractivity (Wildman–Crippen MR) is 146 cm³/mol. The van der Waals surface area contributed by atoms with Crippen LogP contribution < -0.4 is 4.74 Å². The van der Waals surface area contributed by atoms with Crippen LogP contribution in [-0.4, -0.2) is 11.1 Å². The van der Waals surface area contributed by atoms with Gasteiger partial charge in [-0.05, 0) is 87.8 Å². The Kier molecular flexibility index (Phi) is 13.6. The third-order valence-electron chi connectivity index (χ3n) is 7.38. The third kappa shape index (κ3) is 10.7. The van der Waals surface area contributed by atoms with Crippen LogP contribution in [0.15, 0.2) is 11.6 Å². The fourth-order valence-corrected chi connectivity index (χ4v) is 4.79. The minimum atomic E-state index is -0.326. The first kappa shape index (κ1) is 30.3. The van der Waals surface area contributed by atoms with Gasteiger partial charge in [0, 0.05) is 12.5 Å². The van der Waals surface area contributed by atoms with Gasteiger partial charge < -0.3 is 9.84 Å². The summed E-state index contributed by atoms with van der Waals surface area (Å²) in [5.74, 6) is 3.07. The van der Waals surface area contributed by atoms with E-state index in [0.29, 0.717) is 11.5 Å². The molecule has 0 bridgehead atoms. The Morgan fingerprint density at radius 1 is 0.853 bits per heavy atom. The van der Waals surface area contributed by atoms with Crippen molar-refractivity contribution in [1.82, 2.24) is 0 Å². The summed E-state index contributed by atoms with van der Waals surface area (Å²) in [6.07, 6.45) is 14.5. The molecule has 34 heavy (non-hydrogen) atoms. The molecule has 3 heteroatoms. The van der Waals surface area contributed by atoms with E-state index in [2.05, 4.69) is 40.7 Å². The van der Waals surface area contributed by atoms with Crippen molar-refractivity contribution in [1.29, 1.82) is 0 Å². The van der Waals surface area contributed by atoms with Crippen LogP contribution in [0.1, 0.15) is 122 Å². The molecule has 0 fully saturated rings. The lowest BCUT2D eigenvalue weighted by Crippen LogP contribution is -2.08. The van der Waals surface area contributed by atoms with Crippen LogP contribution in [0.2, 0.25) is 0 Å². The van der Waals surface area contributed by atoms with Gasteiger partial charge >= 0.3 is 5.97 Å². The number of rotatable bonds is 15. The third-order valence-corrected chi connectivity index (χ3v) is 7.38. The first-order chi connectivity index (χ1) is 15.9. The first-order valence-electron chi connectivity index (χ1n) is 13.6. The summed E-state index contributed by atoms with van der Waals surface area (Å²) in [6, 6.07) is 0. The summed E-state index contributed by atoms with van der Waals surface area (Å²) in [5.41, 5.74) is 4.75. The van der Waals surface area contributed by atoms with Gasteiger partial charge in [-0.1, -0.05) is 77.9 Å². The number of hydrogen-bond donors (Lipinski definition) is 1. The number of carbonyl (C=O) groups is 1. The highest BCUT2D eigenvalue weighted by atomic mass is 16.5. The Labute approximate surface area is 210 Å². The maximum atomic E-state index is 11.5. The van der Waals surface area contributed by atoms with Gasteiger partial charge in [-0.25, -0.2) is 0 Å². The Bertz CT molecular complexity index is 804. The molecule has 0 aliphatic rings. The largest absolute Gasteiger partial charge is 0.507 e. The molecule has 3 nitrogen and oxygen atoms in total. The highest BCUT2D eigenvalue weighted by Gasteiger charge is 2.19. The number of allylic oxidation sites excluding steroid dienone is 2. The number of phenolic OH excluding ortho intramolecular Hbond substituents is 1. The van der Waals surface area contributed by atoms with Crippen LogP contribution in [0.4, 0.5) is 0 Å². The highest BCUT2D eigenvalue weighted by molar-refractivity contribution is 5.72. The predicted octanol–water partition coefficient (Wildman–Crippen LogP) is 9.17. The van der Waals surface area contributed by atoms with Gasteiger partial charge in [0.25, 0.3) is 0 Å². The van der Waals surface area contributed by atoms with Crippen LogP contribution in [0, 0.1) is 38.5 Å². The molecule has 0 saturated heterocycles. The Morgan fingerprint density at radius 3 is 1.97 bits per heavy atom. The van der Waals surface area contributed by atoms with E-state index in [1.165, 1.54) is 57.4 Å². The summed E-state index contributed by atoms with van der Waals surface area (Å²) in [5, 5.41) is 10.7. The summed E-state index contributed by atoms with van der Waals surface area (Å²) in [7, 11) is 0. The van der Waals surface area contributed by atoms with E-state index in [-0.39, 0.29) is 5.97 Å². The normalized spacial score (nSPS) is 13.9. The van der Waals surface area contributed by atoms with Crippen molar-refractivity contribution in [3.05, 3.63) is 33.9 Å². The van der Waals surface area contributed by atoms with Gasteiger partial charge in [-0.2, -0.15) is 0 Å². The van der Waals surface area contributed by atoms with Crippen LogP contribution in [0.5, 0.6) is 11.5 Å². The molecule has 2 unspecified atom stereocenters. The maximum absolute atomic E-state index is 11.5. The molecule has 0 aliphatic carbocycles. The lowest BCUT2D eigenvalue weighted by atomic mass is 9.91.